The van der Waals surface area contributed by atoms with E-state index in [2.05, 4.69) is 0 Å². The standard InChI is InChI=1S/C8H14O2/c1-2-4-8-7(3-1)9-5-6-10-8/h7-8H,1-6H2. The van der Waals surface area contributed by atoms with E-state index >= 15 is 0 Å². The van der Waals surface area contributed by atoms with Crippen LogP contribution < -0.4 is 0 Å². The van der Waals surface area contributed by atoms with E-state index in [0.29, 0.717) is 12.2 Å². The summed E-state index contributed by atoms with van der Waals surface area (Å²) in [5, 5.41) is 0. The van der Waals surface area contributed by atoms with E-state index in [9.17, 15) is 0 Å². The second-order valence-electron chi connectivity index (χ2n) is 3.10. The molecule has 1 heterocycles. The molecule has 2 rings (SSSR count). The van der Waals surface area contributed by atoms with Crippen molar-refractivity contribution in [2.24, 2.45) is 0 Å². The van der Waals surface area contributed by atoms with Crippen molar-refractivity contribution in [1.29, 1.82) is 0 Å². The molecule has 1 saturated carbocycles. The van der Waals surface area contributed by atoms with Crippen LogP contribution in [0.4, 0.5) is 0 Å². The van der Waals surface area contributed by atoms with Crippen molar-refractivity contribution in [3.8, 4) is 0 Å². The van der Waals surface area contributed by atoms with E-state index in [1.807, 2.05) is 0 Å². The summed E-state index contributed by atoms with van der Waals surface area (Å²) in [5.74, 6) is 0. The van der Waals surface area contributed by atoms with E-state index in [-0.39, 0.29) is 0 Å². The average Bonchev–Trinajstić information content (AvgIpc) is 2.05. The zero-order chi connectivity index (χ0) is 6.81. The van der Waals surface area contributed by atoms with Crippen LogP contribution in [0.2, 0.25) is 0 Å². The molecule has 0 radical (unpaired) electrons. The number of hydrogen-bond acceptors (Lipinski definition) is 2. The molecule has 0 aromatic carbocycles. The predicted molar refractivity (Wildman–Crippen MR) is 37.9 cm³/mol. The van der Waals surface area contributed by atoms with E-state index in [1.54, 1.807) is 0 Å². The molecular weight excluding hydrogens is 128 g/mol. The zero-order valence-corrected chi connectivity index (χ0v) is 6.21. The van der Waals surface area contributed by atoms with Gasteiger partial charge in [-0.1, -0.05) is 12.8 Å². The summed E-state index contributed by atoms with van der Waals surface area (Å²) < 4.78 is 11.1. The Morgan fingerprint density at radius 2 is 1.30 bits per heavy atom. The van der Waals surface area contributed by atoms with Crippen LogP contribution in [-0.2, 0) is 9.47 Å². The fourth-order valence-corrected chi connectivity index (χ4v) is 1.84. The Labute approximate surface area is 61.5 Å². The molecular formula is C8H14O2. The molecule has 0 N–H and O–H groups in total. The van der Waals surface area contributed by atoms with E-state index < -0.39 is 0 Å². The summed E-state index contributed by atoms with van der Waals surface area (Å²) in [6.45, 7) is 1.61. The minimum absolute atomic E-state index is 0.433. The Balaban J connectivity index is 1.93. The van der Waals surface area contributed by atoms with Crippen LogP contribution in [0.1, 0.15) is 25.7 Å². The molecule has 0 spiro atoms. The fraction of sp³-hybridized carbons (Fsp3) is 1.00. The number of fused-ring (bicyclic) bond motifs is 1. The quantitative estimate of drug-likeness (QED) is 0.508. The van der Waals surface area contributed by atoms with Gasteiger partial charge in [-0.2, -0.15) is 0 Å². The van der Waals surface area contributed by atoms with Gasteiger partial charge in [0.2, 0.25) is 0 Å². The molecule has 2 aliphatic rings. The van der Waals surface area contributed by atoms with E-state index in [0.717, 1.165) is 13.2 Å². The first kappa shape index (κ1) is 6.62. The molecule has 0 aromatic rings. The number of rotatable bonds is 0. The minimum Gasteiger partial charge on any atom is -0.373 e. The zero-order valence-electron chi connectivity index (χ0n) is 6.21. The Bertz CT molecular complexity index is 87.8. The minimum atomic E-state index is 0.433. The highest BCUT2D eigenvalue weighted by molar-refractivity contribution is 4.78. The lowest BCUT2D eigenvalue weighted by Crippen LogP contribution is -2.40. The normalized spacial score (nSPS) is 40.8. The van der Waals surface area contributed by atoms with Gasteiger partial charge < -0.3 is 9.47 Å². The molecule has 2 unspecified atom stereocenters. The third kappa shape index (κ3) is 1.18. The van der Waals surface area contributed by atoms with Gasteiger partial charge in [0.05, 0.1) is 25.4 Å². The van der Waals surface area contributed by atoms with Gasteiger partial charge in [0, 0.05) is 0 Å². The lowest BCUT2D eigenvalue weighted by Gasteiger charge is -2.35. The smallest absolute Gasteiger partial charge is 0.0837 e. The lowest BCUT2D eigenvalue weighted by molar-refractivity contribution is -0.153. The summed E-state index contributed by atoms with van der Waals surface area (Å²) in [4.78, 5) is 0. The summed E-state index contributed by atoms with van der Waals surface area (Å²) in [6, 6.07) is 0. The van der Waals surface area contributed by atoms with Gasteiger partial charge in [-0.15, -0.1) is 0 Å². The molecule has 10 heavy (non-hydrogen) atoms. The highest BCUT2D eigenvalue weighted by atomic mass is 16.6. The van der Waals surface area contributed by atoms with Crippen LogP contribution in [0.25, 0.3) is 0 Å². The molecule has 1 aliphatic heterocycles. The second kappa shape index (κ2) is 2.89. The van der Waals surface area contributed by atoms with Crippen molar-refractivity contribution in [3.63, 3.8) is 0 Å². The van der Waals surface area contributed by atoms with Crippen LogP contribution in [0, 0.1) is 0 Å². The van der Waals surface area contributed by atoms with Crippen LogP contribution in [0.15, 0.2) is 0 Å². The highest BCUT2D eigenvalue weighted by Crippen LogP contribution is 2.25. The summed E-state index contributed by atoms with van der Waals surface area (Å²) in [7, 11) is 0. The van der Waals surface area contributed by atoms with Crippen LogP contribution in [0.3, 0.4) is 0 Å². The first-order chi connectivity index (χ1) is 4.97. The first-order valence-electron chi connectivity index (χ1n) is 4.20. The van der Waals surface area contributed by atoms with Gasteiger partial charge in [-0.25, -0.2) is 0 Å². The first-order valence-corrected chi connectivity index (χ1v) is 4.20. The van der Waals surface area contributed by atoms with Crippen molar-refractivity contribution in [2.45, 2.75) is 37.9 Å². The van der Waals surface area contributed by atoms with Crippen molar-refractivity contribution in [1.82, 2.24) is 0 Å². The fourth-order valence-electron chi connectivity index (χ4n) is 1.84. The molecule has 2 atom stereocenters. The summed E-state index contributed by atoms with van der Waals surface area (Å²) in [5.41, 5.74) is 0. The van der Waals surface area contributed by atoms with E-state index in [4.69, 9.17) is 9.47 Å². The second-order valence-corrected chi connectivity index (χ2v) is 3.10. The molecule has 1 aliphatic carbocycles. The topological polar surface area (TPSA) is 18.5 Å². The summed E-state index contributed by atoms with van der Waals surface area (Å²) in [6.07, 6.45) is 5.94. The monoisotopic (exact) mass is 142 g/mol. The van der Waals surface area contributed by atoms with Gasteiger partial charge in [0.15, 0.2) is 0 Å². The third-order valence-electron chi connectivity index (χ3n) is 2.39. The molecule has 0 aromatic heterocycles. The van der Waals surface area contributed by atoms with Crippen molar-refractivity contribution < 1.29 is 9.47 Å². The summed E-state index contributed by atoms with van der Waals surface area (Å²) >= 11 is 0. The Morgan fingerprint density at radius 1 is 0.800 bits per heavy atom. The average molecular weight is 142 g/mol. The van der Waals surface area contributed by atoms with Gasteiger partial charge >= 0.3 is 0 Å². The molecule has 1 saturated heterocycles. The van der Waals surface area contributed by atoms with Crippen molar-refractivity contribution in [2.75, 3.05) is 13.2 Å². The van der Waals surface area contributed by atoms with Crippen LogP contribution in [-0.4, -0.2) is 25.4 Å². The Hall–Kier alpha value is -0.0800. The third-order valence-corrected chi connectivity index (χ3v) is 2.39. The van der Waals surface area contributed by atoms with Crippen molar-refractivity contribution in [3.05, 3.63) is 0 Å². The maximum Gasteiger partial charge on any atom is 0.0837 e. The van der Waals surface area contributed by atoms with E-state index in [1.165, 1.54) is 25.7 Å². The predicted octanol–water partition coefficient (Wildman–Crippen LogP) is 1.34. The van der Waals surface area contributed by atoms with Crippen LogP contribution >= 0.6 is 0 Å². The molecule has 58 valence electrons. The highest BCUT2D eigenvalue weighted by Gasteiger charge is 2.28. The Morgan fingerprint density at radius 3 is 1.80 bits per heavy atom. The number of hydrogen-bond donors (Lipinski definition) is 0. The van der Waals surface area contributed by atoms with Gasteiger partial charge in [0.25, 0.3) is 0 Å². The lowest BCUT2D eigenvalue weighted by atomic mass is 9.94. The maximum atomic E-state index is 5.56. The number of ether oxygens (including phenoxy) is 2. The Kier molecular flexibility index (Phi) is 1.91. The van der Waals surface area contributed by atoms with Gasteiger partial charge in [-0.3, -0.25) is 0 Å². The van der Waals surface area contributed by atoms with Gasteiger partial charge in [-0.05, 0) is 12.8 Å². The van der Waals surface area contributed by atoms with Gasteiger partial charge in [0.1, 0.15) is 0 Å². The molecule has 2 heteroatoms. The maximum absolute atomic E-state index is 5.56. The SMILES string of the molecule is C1CCC2OCCOC2C1. The largest absolute Gasteiger partial charge is 0.373 e. The van der Waals surface area contributed by atoms with Crippen LogP contribution in [0.5, 0.6) is 0 Å². The van der Waals surface area contributed by atoms with Crippen molar-refractivity contribution >= 4 is 0 Å². The molecule has 0 bridgehead atoms. The molecule has 0 amide bonds. The molecule has 2 fully saturated rings. The molecule has 2 nitrogen and oxygen atoms in total.